The SMILES string of the molecule is COc1ccc(Cl)cc1NC(=O)CC(=O)c1ccc([N+](=O)[O-])cc1. The van der Waals surface area contributed by atoms with Crippen LogP contribution in [0.4, 0.5) is 11.4 Å². The van der Waals surface area contributed by atoms with Gasteiger partial charge in [0.1, 0.15) is 5.75 Å². The maximum atomic E-state index is 12.1. The van der Waals surface area contributed by atoms with Gasteiger partial charge in [0.15, 0.2) is 5.78 Å². The molecule has 124 valence electrons. The minimum Gasteiger partial charge on any atom is -0.495 e. The summed E-state index contributed by atoms with van der Waals surface area (Å²) in [5.74, 6) is -0.585. The van der Waals surface area contributed by atoms with Gasteiger partial charge in [-0.2, -0.15) is 0 Å². The van der Waals surface area contributed by atoms with Crippen molar-refractivity contribution in [2.24, 2.45) is 0 Å². The number of rotatable bonds is 6. The molecule has 0 radical (unpaired) electrons. The highest BCUT2D eigenvalue weighted by Crippen LogP contribution is 2.27. The number of carbonyl (C=O) groups is 2. The van der Waals surface area contributed by atoms with Crippen molar-refractivity contribution in [1.82, 2.24) is 0 Å². The first kappa shape index (κ1) is 17.4. The second kappa shape index (κ2) is 7.56. The molecule has 2 aromatic rings. The summed E-state index contributed by atoms with van der Waals surface area (Å²) >= 11 is 5.87. The standard InChI is InChI=1S/C16H13ClN2O5/c1-24-15-7-4-11(17)8-13(15)18-16(21)9-14(20)10-2-5-12(6-3-10)19(22)23/h2-8H,9H2,1H3,(H,18,21). The van der Waals surface area contributed by atoms with Gasteiger partial charge >= 0.3 is 0 Å². The number of ketones is 1. The Morgan fingerprint density at radius 3 is 2.46 bits per heavy atom. The van der Waals surface area contributed by atoms with Crippen LogP contribution in [0.2, 0.25) is 5.02 Å². The van der Waals surface area contributed by atoms with E-state index >= 15 is 0 Å². The van der Waals surface area contributed by atoms with Crippen molar-refractivity contribution in [1.29, 1.82) is 0 Å². The summed E-state index contributed by atoms with van der Waals surface area (Å²) in [7, 11) is 1.45. The van der Waals surface area contributed by atoms with Crippen molar-refractivity contribution in [3.8, 4) is 5.75 Å². The lowest BCUT2D eigenvalue weighted by Crippen LogP contribution is -2.17. The van der Waals surface area contributed by atoms with E-state index in [-0.39, 0.29) is 11.3 Å². The number of non-ortho nitro benzene ring substituents is 1. The van der Waals surface area contributed by atoms with Crippen LogP contribution < -0.4 is 10.1 Å². The fraction of sp³-hybridized carbons (Fsp3) is 0.125. The number of hydrogen-bond donors (Lipinski definition) is 1. The van der Waals surface area contributed by atoms with E-state index < -0.39 is 23.0 Å². The largest absolute Gasteiger partial charge is 0.495 e. The smallest absolute Gasteiger partial charge is 0.269 e. The fourth-order valence-electron chi connectivity index (χ4n) is 1.99. The molecule has 0 aromatic heterocycles. The Kier molecular flexibility index (Phi) is 5.49. The summed E-state index contributed by atoms with van der Waals surface area (Å²) in [5.41, 5.74) is 0.444. The third-order valence-electron chi connectivity index (χ3n) is 3.16. The molecule has 1 N–H and O–H groups in total. The average Bonchev–Trinajstić information content (AvgIpc) is 2.55. The number of hydrogen-bond acceptors (Lipinski definition) is 5. The third kappa shape index (κ3) is 4.30. The molecule has 0 heterocycles. The number of amides is 1. The van der Waals surface area contributed by atoms with E-state index in [2.05, 4.69) is 5.32 Å². The van der Waals surface area contributed by atoms with Gasteiger partial charge in [0.2, 0.25) is 5.91 Å². The summed E-state index contributed by atoms with van der Waals surface area (Å²) in [4.78, 5) is 34.1. The molecule has 0 aliphatic carbocycles. The first-order valence-corrected chi connectivity index (χ1v) is 7.19. The maximum Gasteiger partial charge on any atom is 0.269 e. The number of nitrogens with zero attached hydrogens (tertiary/aromatic N) is 1. The van der Waals surface area contributed by atoms with Crippen LogP contribution >= 0.6 is 11.6 Å². The van der Waals surface area contributed by atoms with Crippen LogP contribution in [-0.2, 0) is 4.79 Å². The van der Waals surface area contributed by atoms with Crippen molar-refractivity contribution in [2.75, 3.05) is 12.4 Å². The van der Waals surface area contributed by atoms with Gasteiger partial charge in [-0.1, -0.05) is 11.6 Å². The predicted molar refractivity (Wildman–Crippen MR) is 88.7 cm³/mol. The lowest BCUT2D eigenvalue weighted by molar-refractivity contribution is -0.384. The third-order valence-corrected chi connectivity index (χ3v) is 3.39. The molecule has 0 aliphatic heterocycles. The highest BCUT2D eigenvalue weighted by molar-refractivity contribution is 6.31. The maximum absolute atomic E-state index is 12.1. The second-order valence-electron chi connectivity index (χ2n) is 4.80. The number of anilines is 1. The molecular formula is C16H13ClN2O5. The zero-order valence-electron chi connectivity index (χ0n) is 12.6. The molecule has 0 bridgehead atoms. The molecule has 0 unspecified atom stereocenters. The summed E-state index contributed by atoms with van der Waals surface area (Å²) in [6.45, 7) is 0. The lowest BCUT2D eigenvalue weighted by atomic mass is 10.1. The molecule has 1 amide bonds. The lowest BCUT2D eigenvalue weighted by Gasteiger charge is -2.10. The Labute approximate surface area is 142 Å². The molecule has 0 atom stereocenters. The topological polar surface area (TPSA) is 98.5 Å². The van der Waals surface area contributed by atoms with Crippen LogP contribution in [0, 0.1) is 10.1 Å². The number of nitrogens with one attached hydrogen (secondary N) is 1. The summed E-state index contributed by atoms with van der Waals surface area (Å²) in [5, 5.41) is 13.5. The summed E-state index contributed by atoms with van der Waals surface area (Å²) in [6.07, 6.45) is -0.409. The molecule has 2 aromatic carbocycles. The van der Waals surface area contributed by atoms with Crippen LogP contribution in [0.15, 0.2) is 42.5 Å². The monoisotopic (exact) mass is 348 g/mol. The Bertz CT molecular complexity index is 790. The molecule has 0 spiro atoms. The van der Waals surface area contributed by atoms with E-state index in [0.29, 0.717) is 16.5 Å². The van der Waals surface area contributed by atoms with Crippen LogP contribution in [0.1, 0.15) is 16.8 Å². The second-order valence-corrected chi connectivity index (χ2v) is 5.23. The number of benzene rings is 2. The number of methoxy groups -OCH3 is 1. The zero-order valence-corrected chi connectivity index (χ0v) is 13.4. The predicted octanol–water partition coefficient (Wildman–Crippen LogP) is 3.47. The van der Waals surface area contributed by atoms with Crippen LogP contribution in [0.3, 0.4) is 0 Å². The number of carbonyl (C=O) groups excluding carboxylic acids is 2. The van der Waals surface area contributed by atoms with Gasteiger partial charge in [-0.15, -0.1) is 0 Å². The van der Waals surface area contributed by atoms with Crippen LogP contribution in [0.25, 0.3) is 0 Å². The first-order chi connectivity index (χ1) is 11.4. The summed E-state index contributed by atoms with van der Waals surface area (Å²) < 4.78 is 5.10. The Balaban J connectivity index is 2.05. The van der Waals surface area contributed by atoms with Crippen molar-refractivity contribution in [2.45, 2.75) is 6.42 Å². The van der Waals surface area contributed by atoms with Gasteiger partial charge < -0.3 is 10.1 Å². The number of nitro groups is 1. The Morgan fingerprint density at radius 1 is 1.21 bits per heavy atom. The van der Waals surface area contributed by atoms with E-state index in [9.17, 15) is 19.7 Å². The number of Topliss-reactive ketones (excluding diaryl/α,β-unsaturated/α-hetero) is 1. The highest BCUT2D eigenvalue weighted by atomic mass is 35.5. The minimum absolute atomic E-state index is 0.125. The van der Waals surface area contributed by atoms with Gasteiger partial charge in [0.05, 0.1) is 24.1 Å². The van der Waals surface area contributed by atoms with Gasteiger partial charge in [0.25, 0.3) is 5.69 Å². The van der Waals surface area contributed by atoms with E-state index in [1.165, 1.54) is 37.4 Å². The van der Waals surface area contributed by atoms with Gasteiger partial charge in [-0.3, -0.25) is 19.7 Å². The van der Waals surface area contributed by atoms with Gasteiger partial charge in [-0.05, 0) is 30.3 Å². The molecule has 0 aliphatic rings. The molecule has 0 saturated carbocycles. The number of nitro benzene ring substituents is 1. The van der Waals surface area contributed by atoms with E-state index in [4.69, 9.17) is 16.3 Å². The number of halogens is 1. The fourth-order valence-corrected chi connectivity index (χ4v) is 2.16. The van der Waals surface area contributed by atoms with Gasteiger partial charge in [-0.25, -0.2) is 0 Å². The minimum atomic E-state index is -0.563. The summed E-state index contributed by atoms with van der Waals surface area (Å²) in [6, 6.07) is 9.76. The highest BCUT2D eigenvalue weighted by Gasteiger charge is 2.15. The molecule has 0 fully saturated rings. The van der Waals surface area contributed by atoms with E-state index in [1.54, 1.807) is 12.1 Å². The number of ether oxygens (including phenoxy) is 1. The normalized spacial score (nSPS) is 10.1. The quantitative estimate of drug-likeness (QED) is 0.373. The Hall–Kier alpha value is -2.93. The van der Waals surface area contributed by atoms with Crippen molar-refractivity contribution in [3.63, 3.8) is 0 Å². The van der Waals surface area contributed by atoms with Crippen LogP contribution in [-0.4, -0.2) is 23.7 Å². The molecule has 7 nitrogen and oxygen atoms in total. The molecular weight excluding hydrogens is 336 g/mol. The van der Waals surface area contributed by atoms with Crippen molar-refractivity contribution in [3.05, 3.63) is 63.2 Å². The molecule has 24 heavy (non-hydrogen) atoms. The molecule has 2 rings (SSSR count). The van der Waals surface area contributed by atoms with Gasteiger partial charge in [0, 0.05) is 22.7 Å². The van der Waals surface area contributed by atoms with Crippen LogP contribution in [0.5, 0.6) is 5.75 Å². The zero-order chi connectivity index (χ0) is 17.7. The average molecular weight is 349 g/mol. The van der Waals surface area contributed by atoms with E-state index in [0.717, 1.165) is 0 Å². The van der Waals surface area contributed by atoms with E-state index in [1.807, 2.05) is 0 Å². The Morgan fingerprint density at radius 2 is 1.88 bits per heavy atom. The first-order valence-electron chi connectivity index (χ1n) is 6.81. The molecule has 8 heteroatoms. The van der Waals surface area contributed by atoms with Crippen molar-refractivity contribution >= 4 is 34.7 Å². The molecule has 0 saturated heterocycles. The van der Waals surface area contributed by atoms with Crippen molar-refractivity contribution < 1.29 is 19.2 Å².